The molecule has 0 spiro atoms. The minimum absolute atomic E-state index is 0.0115. The molecule has 33 heavy (non-hydrogen) atoms. The van der Waals surface area contributed by atoms with Gasteiger partial charge in [0.1, 0.15) is 5.54 Å². The maximum atomic E-state index is 12.7. The van der Waals surface area contributed by atoms with E-state index in [0.29, 0.717) is 0 Å². The van der Waals surface area contributed by atoms with Gasteiger partial charge in [0.05, 0.1) is 29.1 Å². The van der Waals surface area contributed by atoms with E-state index >= 15 is 0 Å². The third-order valence-electron chi connectivity index (χ3n) is 6.09. The summed E-state index contributed by atoms with van der Waals surface area (Å²) in [6, 6.07) is 14.6. The van der Waals surface area contributed by atoms with Crippen LogP contribution in [0.2, 0.25) is 0 Å². The van der Waals surface area contributed by atoms with Crippen LogP contribution in [0.25, 0.3) is 0 Å². The van der Waals surface area contributed by atoms with E-state index in [0.717, 1.165) is 11.1 Å². The molecule has 1 saturated carbocycles. The van der Waals surface area contributed by atoms with Gasteiger partial charge in [-0.1, -0.05) is 35.4 Å². The summed E-state index contributed by atoms with van der Waals surface area (Å²) in [5.74, 6) is 0. The second-order valence-electron chi connectivity index (χ2n) is 8.83. The van der Waals surface area contributed by atoms with Crippen LogP contribution in [-0.2, 0) is 28.6 Å². The van der Waals surface area contributed by atoms with Crippen LogP contribution < -0.4 is 5.73 Å². The Kier molecular flexibility index (Phi) is 7.31. The Hall–Kier alpha value is -2.29. The van der Waals surface area contributed by atoms with Gasteiger partial charge in [-0.3, -0.25) is 8.37 Å². The molecule has 0 atom stereocenters. The number of aryl methyl sites for hydroxylation is 2. The summed E-state index contributed by atoms with van der Waals surface area (Å²) in [5.41, 5.74) is 5.90. The quantitative estimate of drug-likeness (QED) is 0.555. The molecule has 8 nitrogen and oxygen atoms in total. The third-order valence-corrected chi connectivity index (χ3v) is 8.64. The molecule has 2 N–H and O–H groups in total. The first-order chi connectivity index (χ1) is 15.4. The Morgan fingerprint density at radius 2 is 1.15 bits per heavy atom. The normalized spacial score (nSPS) is 17.9. The van der Waals surface area contributed by atoms with Gasteiger partial charge in [0, 0.05) is 5.41 Å². The largest absolute Gasteiger partial charge is 0.313 e. The van der Waals surface area contributed by atoms with Crippen LogP contribution in [-0.4, -0.2) is 35.6 Å². The number of nitriles is 1. The van der Waals surface area contributed by atoms with Crippen molar-refractivity contribution < 1.29 is 25.2 Å². The molecule has 1 aliphatic carbocycles. The highest BCUT2D eigenvalue weighted by Gasteiger charge is 2.43. The molecule has 2 aromatic rings. The third kappa shape index (κ3) is 6.19. The van der Waals surface area contributed by atoms with E-state index in [1.165, 1.54) is 24.3 Å². The van der Waals surface area contributed by atoms with Crippen molar-refractivity contribution >= 4 is 20.2 Å². The zero-order valence-electron chi connectivity index (χ0n) is 18.7. The van der Waals surface area contributed by atoms with Crippen molar-refractivity contribution in [2.75, 3.05) is 13.2 Å². The van der Waals surface area contributed by atoms with Crippen LogP contribution >= 0.6 is 0 Å². The number of hydrogen-bond acceptors (Lipinski definition) is 8. The molecule has 3 rings (SSSR count). The van der Waals surface area contributed by atoms with Crippen LogP contribution in [0.1, 0.15) is 36.8 Å². The Morgan fingerprint density at radius 1 is 0.788 bits per heavy atom. The summed E-state index contributed by atoms with van der Waals surface area (Å²) < 4.78 is 61.6. The number of nitrogens with two attached hydrogens (primary N) is 1. The molecule has 1 aliphatic rings. The minimum atomic E-state index is -4.06. The molecule has 1 fully saturated rings. The van der Waals surface area contributed by atoms with Crippen molar-refractivity contribution in [1.29, 1.82) is 5.26 Å². The molecule has 0 amide bonds. The lowest BCUT2D eigenvalue weighted by Crippen LogP contribution is -2.48. The van der Waals surface area contributed by atoms with Crippen LogP contribution in [0.3, 0.4) is 0 Å². The summed E-state index contributed by atoms with van der Waals surface area (Å²) in [7, 11) is -8.12. The standard InChI is InChI=1S/C23H28N2O6S2/c1-18-3-7-20(8-4-18)32(26,27)30-16-22(11-13-23(25,15-24)14-12-22)17-31-33(28,29)21-9-5-19(2)6-10-21/h3-10H,11-14,16-17,25H2,1-2H3. The fraction of sp³-hybridized carbons (Fsp3) is 0.435. The molecule has 0 bridgehead atoms. The number of nitrogens with zero attached hydrogens (tertiary/aromatic N) is 1. The second-order valence-corrected chi connectivity index (χ2v) is 12.1. The number of rotatable bonds is 8. The first kappa shape index (κ1) is 25.3. The highest BCUT2D eigenvalue weighted by Crippen LogP contribution is 2.41. The van der Waals surface area contributed by atoms with Gasteiger partial charge >= 0.3 is 0 Å². The average Bonchev–Trinajstić information content (AvgIpc) is 2.79. The average molecular weight is 493 g/mol. The van der Waals surface area contributed by atoms with Gasteiger partial charge < -0.3 is 5.73 Å². The molecule has 178 valence electrons. The van der Waals surface area contributed by atoms with Crippen LogP contribution in [0.5, 0.6) is 0 Å². The fourth-order valence-electron chi connectivity index (χ4n) is 3.62. The smallest absolute Gasteiger partial charge is 0.296 e. The van der Waals surface area contributed by atoms with E-state index < -0.39 is 31.2 Å². The molecule has 0 radical (unpaired) electrons. The molecule has 10 heteroatoms. The van der Waals surface area contributed by atoms with Crippen molar-refractivity contribution in [3.63, 3.8) is 0 Å². The molecule has 0 saturated heterocycles. The van der Waals surface area contributed by atoms with Gasteiger partial charge in [-0.05, 0) is 63.8 Å². The number of hydrogen-bond donors (Lipinski definition) is 1. The molecular weight excluding hydrogens is 464 g/mol. The SMILES string of the molecule is Cc1ccc(S(=O)(=O)OCC2(COS(=O)(=O)c3ccc(C)cc3)CCC(N)(C#N)CC2)cc1. The van der Waals surface area contributed by atoms with Gasteiger partial charge in [0.25, 0.3) is 20.2 Å². The second kappa shape index (κ2) is 9.52. The monoisotopic (exact) mass is 492 g/mol. The summed E-state index contributed by atoms with van der Waals surface area (Å²) in [4.78, 5) is 0.0231. The van der Waals surface area contributed by atoms with Crippen molar-refractivity contribution in [2.24, 2.45) is 11.1 Å². The van der Waals surface area contributed by atoms with Crippen molar-refractivity contribution in [3.8, 4) is 6.07 Å². The Bertz CT molecular complexity index is 1140. The van der Waals surface area contributed by atoms with Gasteiger partial charge in [-0.25, -0.2) is 0 Å². The lowest BCUT2D eigenvalue weighted by molar-refractivity contribution is 0.0361. The maximum Gasteiger partial charge on any atom is 0.296 e. The summed E-state index contributed by atoms with van der Waals surface area (Å²) in [6.45, 7) is 3.12. The molecule has 0 heterocycles. The fourth-order valence-corrected chi connectivity index (χ4v) is 5.64. The highest BCUT2D eigenvalue weighted by atomic mass is 32.2. The van der Waals surface area contributed by atoms with E-state index in [1.807, 2.05) is 13.8 Å². The molecule has 2 aromatic carbocycles. The Morgan fingerprint density at radius 3 is 1.48 bits per heavy atom. The Labute approximate surface area is 195 Å². The predicted octanol–water partition coefficient (Wildman–Crippen LogP) is 3.20. The first-order valence-electron chi connectivity index (χ1n) is 10.5. The van der Waals surface area contributed by atoms with Crippen LogP contribution in [0.4, 0.5) is 0 Å². The van der Waals surface area contributed by atoms with Gasteiger partial charge in [0.2, 0.25) is 0 Å². The Balaban J connectivity index is 1.79. The first-order valence-corrected chi connectivity index (χ1v) is 13.3. The summed E-state index contributed by atoms with van der Waals surface area (Å²) in [6.07, 6.45) is 1.10. The van der Waals surface area contributed by atoms with E-state index in [2.05, 4.69) is 6.07 Å². The molecule has 0 unspecified atom stereocenters. The maximum absolute atomic E-state index is 12.7. The molecular formula is C23H28N2O6S2. The summed E-state index contributed by atoms with van der Waals surface area (Å²) >= 11 is 0. The number of benzene rings is 2. The highest BCUT2D eigenvalue weighted by molar-refractivity contribution is 7.87. The van der Waals surface area contributed by atoms with E-state index in [1.54, 1.807) is 24.3 Å². The zero-order valence-corrected chi connectivity index (χ0v) is 20.3. The minimum Gasteiger partial charge on any atom is -0.313 e. The van der Waals surface area contributed by atoms with Gasteiger partial charge in [0.15, 0.2) is 0 Å². The van der Waals surface area contributed by atoms with Crippen LogP contribution in [0.15, 0.2) is 58.3 Å². The van der Waals surface area contributed by atoms with Gasteiger partial charge in [-0.15, -0.1) is 0 Å². The topological polar surface area (TPSA) is 137 Å². The van der Waals surface area contributed by atoms with E-state index in [4.69, 9.17) is 14.1 Å². The molecule has 0 aromatic heterocycles. The van der Waals surface area contributed by atoms with Crippen molar-refractivity contribution in [2.45, 2.75) is 54.9 Å². The predicted molar refractivity (Wildman–Crippen MR) is 122 cm³/mol. The zero-order chi connectivity index (χ0) is 24.3. The van der Waals surface area contributed by atoms with E-state index in [9.17, 15) is 22.1 Å². The molecule has 0 aliphatic heterocycles. The van der Waals surface area contributed by atoms with Crippen molar-refractivity contribution in [3.05, 3.63) is 59.7 Å². The van der Waals surface area contributed by atoms with Crippen LogP contribution in [0, 0.1) is 30.6 Å². The summed E-state index contributed by atoms with van der Waals surface area (Å²) in [5, 5.41) is 9.35. The lowest BCUT2D eigenvalue weighted by atomic mass is 9.69. The van der Waals surface area contributed by atoms with E-state index in [-0.39, 0.29) is 48.7 Å². The van der Waals surface area contributed by atoms with Gasteiger partial charge in [-0.2, -0.15) is 22.1 Å². The lowest BCUT2D eigenvalue weighted by Gasteiger charge is -2.41. The van der Waals surface area contributed by atoms with Crippen molar-refractivity contribution in [1.82, 2.24) is 0 Å².